The molecule has 0 saturated heterocycles. The Bertz CT molecular complexity index is 730. The molecule has 144 valence electrons. The molecule has 2 aromatic carbocycles. The van der Waals surface area contributed by atoms with Crippen LogP contribution in [0.3, 0.4) is 0 Å². The number of benzene rings is 2. The van der Waals surface area contributed by atoms with E-state index in [-0.39, 0.29) is 25.2 Å². The van der Waals surface area contributed by atoms with Crippen LogP contribution in [0.5, 0.6) is 5.75 Å². The van der Waals surface area contributed by atoms with Gasteiger partial charge in [0.15, 0.2) is 13.2 Å². The third-order valence-corrected chi connectivity index (χ3v) is 4.03. The van der Waals surface area contributed by atoms with Crippen LogP contribution in [0.4, 0.5) is 11.4 Å². The Kier molecular flexibility index (Phi) is 7.67. The van der Waals surface area contributed by atoms with E-state index in [0.717, 1.165) is 11.4 Å². The number of para-hydroxylation sites is 1. The summed E-state index contributed by atoms with van der Waals surface area (Å²) in [6.45, 7) is 5.36. The first-order valence-corrected chi connectivity index (χ1v) is 8.94. The normalized spacial score (nSPS) is 11.6. The van der Waals surface area contributed by atoms with Crippen molar-refractivity contribution in [1.29, 1.82) is 0 Å². The van der Waals surface area contributed by atoms with Crippen molar-refractivity contribution in [1.82, 2.24) is 5.32 Å². The van der Waals surface area contributed by atoms with E-state index in [1.54, 1.807) is 12.1 Å². The largest absolute Gasteiger partial charge is 0.482 e. The molecule has 0 fully saturated rings. The molecule has 2 aromatic rings. The second-order valence-corrected chi connectivity index (χ2v) is 6.56. The van der Waals surface area contributed by atoms with Gasteiger partial charge >= 0.3 is 5.97 Å². The SMILES string of the molecule is CC(C)[C@@H](C)NC(=O)COC(=O)COc1ccc(Nc2ccccc2)cc1. The van der Waals surface area contributed by atoms with Gasteiger partial charge in [-0.1, -0.05) is 32.0 Å². The standard InChI is InChI=1S/C21H26N2O4/c1-15(2)16(3)22-20(24)13-27-21(25)14-26-19-11-9-18(10-12-19)23-17-7-5-4-6-8-17/h4-12,15-16,23H,13-14H2,1-3H3,(H,22,24)/t16-/m1/s1. The van der Waals surface area contributed by atoms with Crippen molar-refractivity contribution in [3.63, 3.8) is 0 Å². The molecule has 0 radical (unpaired) electrons. The van der Waals surface area contributed by atoms with Gasteiger partial charge in [0.1, 0.15) is 5.75 Å². The number of anilines is 2. The van der Waals surface area contributed by atoms with Crippen molar-refractivity contribution < 1.29 is 19.1 Å². The fourth-order valence-electron chi connectivity index (χ4n) is 2.11. The molecule has 1 atom stereocenters. The number of ether oxygens (including phenoxy) is 2. The van der Waals surface area contributed by atoms with Gasteiger partial charge in [-0.2, -0.15) is 0 Å². The number of rotatable bonds is 9. The Hall–Kier alpha value is -3.02. The van der Waals surface area contributed by atoms with Crippen LogP contribution in [-0.4, -0.2) is 31.1 Å². The summed E-state index contributed by atoms with van der Waals surface area (Å²) in [6, 6.07) is 17.1. The fourth-order valence-corrected chi connectivity index (χ4v) is 2.11. The van der Waals surface area contributed by atoms with Gasteiger partial charge in [0.05, 0.1) is 0 Å². The van der Waals surface area contributed by atoms with Crippen LogP contribution in [0.1, 0.15) is 20.8 Å². The average molecular weight is 370 g/mol. The second-order valence-electron chi connectivity index (χ2n) is 6.56. The molecule has 27 heavy (non-hydrogen) atoms. The maximum atomic E-state index is 11.7. The van der Waals surface area contributed by atoms with Gasteiger partial charge in [-0.05, 0) is 49.2 Å². The molecule has 0 unspecified atom stereocenters. The molecule has 0 aliphatic rings. The fraction of sp³-hybridized carbons (Fsp3) is 0.333. The summed E-state index contributed by atoms with van der Waals surface area (Å²) in [6.07, 6.45) is 0. The third kappa shape index (κ3) is 7.40. The number of carbonyl (C=O) groups excluding carboxylic acids is 2. The Balaban J connectivity index is 1.71. The van der Waals surface area contributed by atoms with Gasteiger partial charge in [-0.25, -0.2) is 4.79 Å². The van der Waals surface area contributed by atoms with Gasteiger partial charge in [-0.15, -0.1) is 0 Å². The van der Waals surface area contributed by atoms with E-state index in [0.29, 0.717) is 11.7 Å². The first kappa shape index (κ1) is 20.3. The molecule has 6 nitrogen and oxygen atoms in total. The molecule has 0 aliphatic carbocycles. The van der Waals surface area contributed by atoms with Crippen LogP contribution in [0, 0.1) is 5.92 Å². The van der Waals surface area contributed by atoms with Crippen LogP contribution < -0.4 is 15.4 Å². The second kappa shape index (κ2) is 10.2. The highest BCUT2D eigenvalue weighted by Crippen LogP contribution is 2.19. The molecule has 0 heterocycles. The summed E-state index contributed by atoms with van der Waals surface area (Å²) in [5.74, 6) is -0.0505. The van der Waals surface area contributed by atoms with Crippen molar-refractivity contribution in [2.45, 2.75) is 26.8 Å². The Morgan fingerprint density at radius 1 is 0.889 bits per heavy atom. The lowest BCUT2D eigenvalue weighted by molar-refractivity contribution is -0.150. The van der Waals surface area contributed by atoms with Gasteiger partial charge in [-0.3, -0.25) is 4.79 Å². The van der Waals surface area contributed by atoms with E-state index < -0.39 is 5.97 Å². The van der Waals surface area contributed by atoms with Gasteiger partial charge in [0, 0.05) is 17.4 Å². The smallest absolute Gasteiger partial charge is 0.344 e. The lowest BCUT2D eigenvalue weighted by atomic mass is 10.1. The van der Waals surface area contributed by atoms with Crippen LogP contribution >= 0.6 is 0 Å². The molecule has 0 bridgehead atoms. The highest BCUT2D eigenvalue weighted by Gasteiger charge is 2.13. The third-order valence-electron chi connectivity index (χ3n) is 4.03. The predicted molar refractivity (Wildman–Crippen MR) is 105 cm³/mol. The zero-order valence-electron chi connectivity index (χ0n) is 15.9. The molecular formula is C21H26N2O4. The number of nitrogens with one attached hydrogen (secondary N) is 2. The number of carbonyl (C=O) groups is 2. The van der Waals surface area contributed by atoms with E-state index in [9.17, 15) is 9.59 Å². The summed E-state index contributed by atoms with van der Waals surface area (Å²) in [7, 11) is 0. The zero-order valence-corrected chi connectivity index (χ0v) is 15.9. The van der Waals surface area contributed by atoms with Gasteiger partial charge in [0.2, 0.25) is 0 Å². The van der Waals surface area contributed by atoms with Crippen LogP contribution in [0.15, 0.2) is 54.6 Å². The van der Waals surface area contributed by atoms with Crippen molar-refractivity contribution in [2.24, 2.45) is 5.92 Å². The van der Waals surface area contributed by atoms with Crippen molar-refractivity contribution in [3.05, 3.63) is 54.6 Å². The number of esters is 1. The Morgan fingerprint density at radius 2 is 1.52 bits per heavy atom. The predicted octanol–water partition coefficient (Wildman–Crippen LogP) is 3.51. The highest BCUT2D eigenvalue weighted by atomic mass is 16.6. The average Bonchev–Trinajstić information content (AvgIpc) is 2.66. The van der Waals surface area contributed by atoms with Crippen molar-refractivity contribution >= 4 is 23.3 Å². The van der Waals surface area contributed by atoms with Crippen molar-refractivity contribution in [3.8, 4) is 5.75 Å². The van der Waals surface area contributed by atoms with E-state index in [2.05, 4.69) is 10.6 Å². The lowest BCUT2D eigenvalue weighted by Crippen LogP contribution is -2.39. The van der Waals surface area contributed by atoms with Crippen LogP contribution in [0.25, 0.3) is 0 Å². The van der Waals surface area contributed by atoms with Gasteiger partial charge in [0.25, 0.3) is 5.91 Å². The molecule has 2 N–H and O–H groups in total. The number of hydrogen-bond acceptors (Lipinski definition) is 5. The summed E-state index contributed by atoms with van der Waals surface area (Å²) >= 11 is 0. The van der Waals surface area contributed by atoms with E-state index in [4.69, 9.17) is 9.47 Å². The maximum absolute atomic E-state index is 11.7. The Morgan fingerprint density at radius 3 is 2.15 bits per heavy atom. The molecule has 6 heteroatoms. The summed E-state index contributed by atoms with van der Waals surface area (Å²) in [5, 5.41) is 6.03. The van der Waals surface area contributed by atoms with E-state index in [1.807, 2.05) is 63.2 Å². The van der Waals surface area contributed by atoms with Gasteiger partial charge < -0.3 is 20.1 Å². The zero-order chi connectivity index (χ0) is 19.6. The summed E-state index contributed by atoms with van der Waals surface area (Å²) < 4.78 is 10.3. The minimum Gasteiger partial charge on any atom is -0.482 e. The highest BCUT2D eigenvalue weighted by molar-refractivity contribution is 5.81. The van der Waals surface area contributed by atoms with Crippen molar-refractivity contribution in [2.75, 3.05) is 18.5 Å². The summed E-state index contributed by atoms with van der Waals surface area (Å²) in [4.78, 5) is 23.4. The topological polar surface area (TPSA) is 76.7 Å². The van der Waals surface area contributed by atoms with E-state index in [1.165, 1.54) is 0 Å². The first-order chi connectivity index (χ1) is 12.9. The summed E-state index contributed by atoms with van der Waals surface area (Å²) in [5.41, 5.74) is 1.90. The minimum absolute atomic E-state index is 0.0236. The quantitative estimate of drug-likeness (QED) is 0.661. The Labute approximate surface area is 159 Å². The molecule has 0 aromatic heterocycles. The number of amides is 1. The maximum Gasteiger partial charge on any atom is 0.344 e. The van der Waals surface area contributed by atoms with E-state index >= 15 is 0 Å². The molecule has 1 amide bonds. The molecular weight excluding hydrogens is 344 g/mol. The minimum atomic E-state index is -0.589. The lowest BCUT2D eigenvalue weighted by Gasteiger charge is -2.17. The molecule has 0 spiro atoms. The molecule has 2 rings (SSSR count). The number of hydrogen-bond donors (Lipinski definition) is 2. The monoisotopic (exact) mass is 370 g/mol. The van der Waals surface area contributed by atoms with Crippen LogP contribution in [0.2, 0.25) is 0 Å². The molecule has 0 aliphatic heterocycles. The first-order valence-electron chi connectivity index (χ1n) is 8.94. The van der Waals surface area contributed by atoms with Crippen LogP contribution in [-0.2, 0) is 14.3 Å². The molecule has 0 saturated carbocycles.